The second kappa shape index (κ2) is 8.31. The lowest BCUT2D eigenvalue weighted by Gasteiger charge is -2.29. The zero-order valence-electron chi connectivity index (χ0n) is 16.8. The molecule has 9 heteroatoms. The van der Waals surface area contributed by atoms with Crippen LogP contribution in [0.4, 0.5) is 18.9 Å². The Kier molecular flexibility index (Phi) is 5.68. The van der Waals surface area contributed by atoms with Gasteiger partial charge in [0.25, 0.3) is 15.9 Å². The van der Waals surface area contributed by atoms with Crippen molar-refractivity contribution in [1.29, 1.82) is 0 Å². The number of halogens is 3. The maximum atomic E-state index is 13.0. The average Bonchev–Trinajstić information content (AvgIpc) is 2.77. The highest BCUT2D eigenvalue weighted by molar-refractivity contribution is 7.92. The molecular formula is C23H19F3N2O3S. The van der Waals surface area contributed by atoms with Crippen molar-refractivity contribution < 1.29 is 26.4 Å². The number of alkyl halides is 3. The van der Waals surface area contributed by atoms with Crippen LogP contribution in [0.15, 0.2) is 77.7 Å². The minimum atomic E-state index is -4.60. The number of hydrogen-bond donors (Lipinski definition) is 1. The smallest absolute Gasteiger partial charge is 0.334 e. The van der Waals surface area contributed by atoms with E-state index in [1.165, 1.54) is 35.9 Å². The number of nitrogens with zero attached hydrogens (tertiary/aromatic N) is 1. The van der Waals surface area contributed by atoms with Gasteiger partial charge in [0.1, 0.15) is 0 Å². The summed E-state index contributed by atoms with van der Waals surface area (Å²) in [4.78, 5) is 14.4. The Bertz CT molecular complexity index is 1270. The van der Waals surface area contributed by atoms with Crippen molar-refractivity contribution >= 4 is 21.6 Å². The molecule has 1 N–H and O–H groups in total. The third kappa shape index (κ3) is 4.62. The van der Waals surface area contributed by atoms with Crippen LogP contribution in [-0.4, -0.2) is 25.8 Å². The number of carbonyl (C=O) groups excluding carboxylic acids is 1. The molecular weight excluding hydrogens is 441 g/mol. The molecule has 0 bridgehead atoms. The fourth-order valence-electron chi connectivity index (χ4n) is 3.62. The first kappa shape index (κ1) is 21.9. The summed E-state index contributed by atoms with van der Waals surface area (Å²) in [6.07, 6.45) is -3.89. The highest BCUT2D eigenvalue weighted by atomic mass is 32.2. The first-order valence-corrected chi connectivity index (χ1v) is 11.3. The second-order valence-corrected chi connectivity index (χ2v) is 9.14. The van der Waals surface area contributed by atoms with Gasteiger partial charge < -0.3 is 4.90 Å². The lowest BCUT2D eigenvalue weighted by Crippen LogP contribution is -2.36. The van der Waals surface area contributed by atoms with E-state index in [4.69, 9.17) is 0 Å². The van der Waals surface area contributed by atoms with Crippen LogP contribution in [-0.2, 0) is 29.2 Å². The van der Waals surface area contributed by atoms with E-state index in [0.717, 1.165) is 23.8 Å². The number of carbonyl (C=O) groups is 1. The van der Waals surface area contributed by atoms with Crippen LogP contribution in [0.1, 0.15) is 27.0 Å². The molecule has 3 aromatic carbocycles. The lowest BCUT2D eigenvalue weighted by molar-refractivity contribution is -0.137. The molecule has 0 saturated carbocycles. The standard InChI is InChI=1S/C23H19F3N2O3S/c24-23(25,26)19-8-4-9-20(14-19)27-32(30,31)21-10-3-7-17(13-21)22(29)28-12-11-16-5-1-2-6-18(16)15-28/h1-10,13-14,27H,11-12,15H2. The minimum Gasteiger partial charge on any atom is -0.334 e. The first-order valence-electron chi connectivity index (χ1n) is 9.80. The third-order valence-electron chi connectivity index (χ3n) is 5.25. The summed E-state index contributed by atoms with van der Waals surface area (Å²) < 4.78 is 66.4. The van der Waals surface area contributed by atoms with Crippen LogP contribution in [0.2, 0.25) is 0 Å². The number of sulfonamides is 1. The van der Waals surface area contributed by atoms with E-state index in [9.17, 15) is 26.4 Å². The van der Waals surface area contributed by atoms with Gasteiger partial charge >= 0.3 is 6.18 Å². The Balaban J connectivity index is 1.55. The van der Waals surface area contributed by atoms with Crippen LogP contribution < -0.4 is 4.72 Å². The van der Waals surface area contributed by atoms with Crippen LogP contribution in [0.5, 0.6) is 0 Å². The van der Waals surface area contributed by atoms with Crippen molar-refractivity contribution in [3.63, 3.8) is 0 Å². The van der Waals surface area contributed by atoms with Gasteiger partial charge in [0, 0.05) is 24.3 Å². The predicted octanol–water partition coefficient (Wildman–Crippen LogP) is 4.70. The summed E-state index contributed by atoms with van der Waals surface area (Å²) in [5.74, 6) is -0.310. The number of anilines is 1. The molecule has 0 fully saturated rings. The van der Waals surface area contributed by atoms with Crippen molar-refractivity contribution in [2.24, 2.45) is 0 Å². The molecule has 0 saturated heterocycles. The summed E-state index contributed by atoms with van der Waals surface area (Å²) >= 11 is 0. The number of hydrogen-bond acceptors (Lipinski definition) is 3. The molecule has 1 heterocycles. The van der Waals surface area contributed by atoms with E-state index in [1.807, 2.05) is 24.3 Å². The highest BCUT2D eigenvalue weighted by Crippen LogP contribution is 2.31. The summed E-state index contributed by atoms with van der Waals surface area (Å²) in [6.45, 7) is 0.934. The first-order chi connectivity index (χ1) is 15.1. The molecule has 0 atom stereocenters. The molecule has 0 unspecified atom stereocenters. The van der Waals surface area contributed by atoms with Crippen LogP contribution in [0.3, 0.4) is 0 Å². The van der Waals surface area contributed by atoms with Crippen molar-refractivity contribution in [3.05, 3.63) is 95.1 Å². The molecule has 166 valence electrons. The summed E-state index contributed by atoms with van der Waals surface area (Å²) in [5.41, 5.74) is 1.23. The molecule has 0 aromatic heterocycles. The van der Waals surface area contributed by atoms with E-state index < -0.39 is 21.8 Å². The van der Waals surface area contributed by atoms with Crippen molar-refractivity contribution in [3.8, 4) is 0 Å². The molecule has 0 spiro atoms. The van der Waals surface area contributed by atoms with Gasteiger partial charge in [-0.15, -0.1) is 0 Å². The topological polar surface area (TPSA) is 66.5 Å². The maximum Gasteiger partial charge on any atom is 0.416 e. The zero-order chi connectivity index (χ0) is 22.9. The number of fused-ring (bicyclic) bond motifs is 1. The Hall–Kier alpha value is -3.33. The van der Waals surface area contributed by atoms with E-state index in [1.54, 1.807) is 4.90 Å². The third-order valence-corrected chi connectivity index (χ3v) is 6.63. The van der Waals surface area contributed by atoms with Crippen LogP contribution in [0, 0.1) is 0 Å². The highest BCUT2D eigenvalue weighted by Gasteiger charge is 2.31. The van der Waals surface area contributed by atoms with E-state index in [-0.39, 0.29) is 22.1 Å². The Morgan fingerprint density at radius 1 is 0.906 bits per heavy atom. The summed E-state index contributed by atoms with van der Waals surface area (Å²) in [7, 11) is -4.20. The fourth-order valence-corrected chi connectivity index (χ4v) is 4.72. The van der Waals surface area contributed by atoms with Crippen LogP contribution >= 0.6 is 0 Å². The van der Waals surface area contributed by atoms with Gasteiger partial charge in [-0.3, -0.25) is 9.52 Å². The van der Waals surface area contributed by atoms with E-state index in [0.29, 0.717) is 19.5 Å². The minimum absolute atomic E-state index is 0.191. The molecule has 4 rings (SSSR count). The Labute approximate surface area is 183 Å². The van der Waals surface area contributed by atoms with Crippen molar-refractivity contribution in [2.75, 3.05) is 11.3 Å². The van der Waals surface area contributed by atoms with Gasteiger partial charge in [0.2, 0.25) is 0 Å². The number of benzene rings is 3. The van der Waals surface area contributed by atoms with Gasteiger partial charge in [-0.05, 0) is 53.9 Å². The van der Waals surface area contributed by atoms with Crippen molar-refractivity contribution in [2.45, 2.75) is 24.0 Å². The molecule has 0 aliphatic carbocycles. The number of rotatable bonds is 4. The van der Waals surface area contributed by atoms with Gasteiger partial charge in [0.15, 0.2) is 0 Å². The molecule has 3 aromatic rings. The normalized spacial score (nSPS) is 14.0. The molecule has 5 nitrogen and oxygen atoms in total. The van der Waals surface area contributed by atoms with Gasteiger partial charge in [-0.2, -0.15) is 13.2 Å². The summed E-state index contributed by atoms with van der Waals surface area (Å²) in [5, 5.41) is 0. The predicted molar refractivity (Wildman–Crippen MR) is 114 cm³/mol. The SMILES string of the molecule is O=C(c1cccc(S(=O)(=O)Nc2cccc(C(F)(F)F)c2)c1)N1CCc2ccccc2C1. The second-order valence-electron chi connectivity index (χ2n) is 7.46. The Morgan fingerprint density at radius 3 is 2.38 bits per heavy atom. The molecule has 0 radical (unpaired) electrons. The van der Waals surface area contributed by atoms with Crippen molar-refractivity contribution in [1.82, 2.24) is 4.90 Å². The quantitative estimate of drug-likeness (QED) is 0.614. The monoisotopic (exact) mass is 460 g/mol. The zero-order valence-corrected chi connectivity index (χ0v) is 17.6. The lowest BCUT2D eigenvalue weighted by atomic mass is 9.99. The van der Waals surface area contributed by atoms with Gasteiger partial charge in [-0.25, -0.2) is 8.42 Å². The molecule has 1 amide bonds. The Morgan fingerprint density at radius 2 is 1.62 bits per heavy atom. The van der Waals surface area contributed by atoms with E-state index in [2.05, 4.69) is 4.72 Å². The number of nitrogens with one attached hydrogen (secondary N) is 1. The van der Waals surface area contributed by atoms with Gasteiger partial charge in [-0.1, -0.05) is 36.4 Å². The van der Waals surface area contributed by atoms with Crippen LogP contribution in [0.25, 0.3) is 0 Å². The number of amides is 1. The largest absolute Gasteiger partial charge is 0.416 e. The van der Waals surface area contributed by atoms with Gasteiger partial charge in [0.05, 0.1) is 10.5 Å². The molecule has 1 aliphatic heterocycles. The molecule has 32 heavy (non-hydrogen) atoms. The average molecular weight is 460 g/mol. The fraction of sp³-hybridized carbons (Fsp3) is 0.174. The molecule has 1 aliphatic rings. The van der Waals surface area contributed by atoms with E-state index >= 15 is 0 Å². The summed E-state index contributed by atoms with van der Waals surface area (Å²) in [6, 6.07) is 17.2. The maximum absolute atomic E-state index is 13.0.